The second-order valence-corrected chi connectivity index (χ2v) is 11.8. The highest BCUT2D eigenvalue weighted by atomic mass is 32.2. The van der Waals surface area contributed by atoms with Gasteiger partial charge in [-0.05, 0) is 56.0 Å². The standard InChI is InChI=1S/C32H41N3O5S/c1-5-7-21-33-32(37)30(6-2)34(22-20-26-12-9-8-10-13-26)31(36)24-35(27-14-11-15-28(23-27)40-4)41(38,39)29-18-16-25(3)17-19-29/h8-19,23,30H,5-7,20-22,24H2,1-4H3,(H,33,37)/t30-/m0/s1. The molecule has 3 aromatic carbocycles. The SMILES string of the molecule is CCCCNC(=O)[C@H](CC)N(CCc1ccccc1)C(=O)CN(c1cccc(OC)c1)S(=O)(=O)c1ccc(C)cc1. The lowest BCUT2D eigenvalue weighted by Crippen LogP contribution is -2.53. The smallest absolute Gasteiger partial charge is 0.264 e. The fraction of sp³-hybridized carbons (Fsp3) is 0.375. The highest BCUT2D eigenvalue weighted by Gasteiger charge is 2.33. The van der Waals surface area contributed by atoms with Crippen LogP contribution in [0.2, 0.25) is 0 Å². The summed E-state index contributed by atoms with van der Waals surface area (Å²) in [5.41, 5.74) is 2.23. The van der Waals surface area contributed by atoms with Crippen molar-refractivity contribution in [1.82, 2.24) is 10.2 Å². The number of carbonyl (C=O) groups is 2. The van der Waals surface area contributed by atoms with Crippen molar-refractivity contribution in [1.29, 1.82) is 0 Å². The van der Waals surface area contributed by atoms with Crippen molar-refractivity contribution in [2.75, 3.05) is 31.0 Å². The summed E-state index contributed by atoms with van der Waals surface area (Å²) < 4.78 is 34.4. The maximum Gasteiger partial charge on any atom is 0.264 e. The molecule has 0 spiro atoms. The van der Waals surface area contributed by atoms with Gasteiger partial charge in [0, 0.05) is 19.2 Å². The third-order valence-electron chi connectivity index (χ3n) is 6.93. The summed E-state index contributed by atoms with van der Waals surface area (Å²) in [7, 11) is -2.63. The van der Waals surface area contributed by atoms with Gasteiger partial charge in [0.1, 0.15) is 18.3 Å². The summed E-state index contributed by atoms with van der Waals surface area (Å²) in [6.07, 6.45) is 2.68. The lowest BCUT2D eigenvalue weighted by molar-refractivity contribution is -0.139. The van der Waals surface area contributed by atoms with E-state index in [0.717, 1.165) is 28.3 Å². The highest BCUT2D eigenvalue weighted by molar-refractivity contribution is 7.92. The van der Waals surface area contributed by atoms with Crippen molar-refractivity contribution in [3.63, 3.8) is 0 Å². The molecule has 3 rings (SSSR count). The van der Waals surface area contributed by atoms with Crippen LogP contribution in [-0.4, -0.2) is 57.9 Å². The topological polar surface area (TPSA) is 96.0 Å². The Bertz CT molecular complexity index is 1380. The summed E-state index contributed by atoms with van der Waals surface area (Å²) in [6.45, 7) is 6.08. The number of anilines is 1. The van der Waals surface area contributed by atoms with Crippen LogP contribution in [-0.2, 0) is 26.0 Å². The van der Waals surface area contributed by atoms with Gasteiger partial charge in [0.05, 0.1) is 17.7 Å². The number of unbranched alkanes of at least 4 members (excludes halogenated alkanes) is 1. The molecular weight excluding hydrogens is 538 g/mol. The molecule has 8 nitrogen and oxygen atoms in total. The first-order valence-electron chi connectivity index (χ1n) is 14.1. The number of amides is 2. The van der Waals surface area contributed by atoms with E-state index >= 15 is 0 Å². The van der Waals surface area contributed by atoms with E-state index in [1.54, 1.807) is 36.4 Å². The lowest BCUT2D eigenvalue weighted by atomic mass is 10.1. The van der Waals surface area contributed by atoms with Crippen LogP contribution in [0.15, 0.2) is 83.8 Å². The lowest BCUT2D eigenvalue weighted by Gasteiger charge is -2.33. The molecular formula is C32H41N3O5S. The van der Waals surface area contributed by atoms with E-state index in [1.807, 2.05) is 51.1 Å². The van der Waals surface area contributed by atoms with Crippen LogP contribution in [0.5, 0.6) is 5.75 Å². The van der Waals surface area contributed by atoms with Gasteiger partial charge in [-0.15, -0.1) is 0 Å². The number of sulfonamides is 1. The Labute approximate surface area is 244 Å². The van der Waals surface area contributed by atoms with E-state index in [9.17, 15) is 18.0 Å². The minimum Gasteiger partial charge on any atom is -0.497 e. The third kappa shape index (κ3) is 8.57. The Kier molecular flexibility index (Phi) is 11.8. The number of benzene rings is 3. The number of nitrogens with one attached hydrogen (secondary N) is 1. The van der Waals surface area contributed by atoms with Gasteiger partial charge in [-0.1, -0.05) is 74.4 Å². The van der Waals surface area contributed by atoms with Crippen LogP contribution >= 0.6 is 0 Å². The van der Waals surface area contributed by atoms with Crippen molar-refractivity contribution in [2.45, 2.75) is 57.4 Å². The van der Waals surface area contributed by atoms with Crippen molar-refractivity contribution >= 4 is 27.5 Å². The van der Waals surface area contributed by atoms with E-state index in [1.165, 1.54) is 24.1 Å². The molecule has 0 aliphatic carbocycles. The minimum atomic E-state index is -4.13. The maximum atomic E-state index is 14.1. The zero-order valence-corrected chi connectivity index (χ0v) is 25.2. The van der Waals surface area contributed by atoms with Gasteiger partial charge in [-0.2, -0.15) is 0 Å². The summed E-state index contributed by atoms with van der Waals surface area (Å²) in [6, 6.07) is 22.1. The molecule has 0 saturated carbocycles. The van der Waals surface area contributed by atoms with Gasteiger partial charge < -0.3 is 15.0 Å². The van der Waals surface area contributed by atoms with Crippen LogP contribution in [0, 0.1) is 6.92 Å². The van der Waals surface area contributed by atoms with Gasteiger partial charge in [-0.25, -0.2) is 8.42 Å². The normalized spacial score (nSPS) is 11.9. The number of carbonyl (C=O) groups excluding carboxylic acids is 2. The van der Waals surface area contributed by atoms with E-state index < -0.39 is 28.5 Å². The summed E-state index contributed by atoms with van der Waals surface area (Å²) in [5, 5.41) is 2.95. The third-order valence-corrected chi connectivity index (χ3v) is 8.72. The number of methoxy groups -OCH3 is 1. The Hall–Kier alpha value is -3.85. The molecule has 9 heteroatoms. The molecule has 0 aliphatic heterocycles. The number of ether oxygens (including phenoxy) is 1. The average molecular weight is 580 g/mol. The molecule has 3 aromatic rings. The Balaban J connectivity index is 2.00. The molecule has 1 atom stereocenters. The Morgan fingerprint density at radius 1 is 0.951 bits per heavy atom. The van der Waals surface area contributed by atoms with E-state index in [4.69, 9.17) is 4.74 Å². The first-order valence-corrected chi connectivity index (χ1v) is 15.5. The molecule has 220 valence electrons. The molecule has 0 bridgehead atoms. The van der Waals surface area contributed by atoms with E-state index in [2.05, 4.69) is 5.32 Å². The average Bonchev–Trinajstić information content (AvgIpc) is 2.98. The van der Waals surface area contributed by atoms with Crippen molar-refractivity contribution in [2.24, 2.45) is 0 Å². The number of hydrogen-bond donors (Lipinski definition) is 1. The molecule has 1 N–H and O–H groups in total. The van der Waals surface area contributed by atoms with Gasteiger partial charge in [0.25, 0.3) is 10.0 Å². The maximum absolute atomic E-state index is 14.1. The number of rotatable bonds is 15. The molecule has 0 aliphatic rings. The quantitative estimate of drug-likeness (QED) is 0.257. The number of hydrogen-bond acceptors (Lipinski definition) is 5. The molecule has 0 saturated heterocycles. The summed E-state index contributed by atoms with van der Waals surface area (Å²) in [5.74, 6) is -0.240. The Morgan fingerprint density at radius 3 is 2.29 bits per heavy atom. The first-order chi connectivity index (χ1) is 19.7. The zero-order valence-electron chi connectivity index (χ0n) is 24.4. The van der Waals surface area contributed by atoms with Crippen LogP contribution < -0.4 is 14.4 Å². The first kappa shape index (κ1) is 31.7. The molecule has 0 fully saturated rings. The monoisotopic (exact) mass is 579 g/mol. The molecule has 2 amide bonds. The van der Waals surface area contributed by atoms with Crippen molar-refractivity contribution in [3.05, 3.63) is 90.0 Å². The Morgan fingerprint density at radius 2 is 1.66 bits per heavy atom. The van der Waals surface area contributed by atoms with Gasteiger partial charge in [0.2, 0.25) is 11.8 Å². The molecule has 0 unspecified atom stereocenters. The van der Waals surface area contributed by atoms with Crippen LogP contribution in [0.1, 0.15) is 44.2 Å². The summed E-state index contributed by atoms with van der Waals surface area (Å²) in [4.78, 5) is 28.9. The predicted molar refractivity (Wildman–Crippen MR) is 163 cm³/mol. The van der Waals surface area contributed by atoms with Crippen LogP contribution in [0.4, 0.5) is 5.69 Å². The van der Waals surface area contributed by atoms with Crippen LogP contribution in [0.3, 0.4) is 0 Å². The van der Waals surface area contributed by atoms with Crippen molar-refractivity contribution < 1.29 is 22.7 Å². The molecule has 0 aromatic heterocycles. The zero-order chi connectivity index (χ0) is 29.8. The van der Waals surface area contributed by atoms with Crippen molar-refractivity contribution in [3.8, 4) is 5.75 Å². The van der Waals surface area contributed by atoms with Gasteiger partial charge >= 0.3 is 0 Å². The number of aryl methyl sites for hydroxylation is 1. The van der Waals surface area contributed by atoms with Crippen LogP contribution in [0.25, 0.3) is 0 Å². The second-order valence-electron chi connectivity index (χ2n) is 9.92. The minimum absolute atomic E-state index is 0.0684. The molecule has 0 radical (unpaired) electrons. The van der Waals surface area contributed by atoms with Gasteiger partial charge in [0.15, 0.2) is 0 Å². The van der Waals surface area contributed by atoms with E-state index in [0.29, 0.717) is 30.8 Å². The largest absolute Gasteiger partial charge is 0.497 e. The second kappa shape index (κ2) is 15.2. The summed E-state index contributed by atoms with van der Waals surface area (Å²) >= 11 is 0. The fourth-order valence-electron chi connectivity index (χ4n) is 4.53. The fourth-order valence-corrected chi connectivity index (χ4v) is 5.94. The highest BCUT2D eigenvalue weighted by Crippen LogP contribution is 2.27. The van der Waals surface area contributed by atoms with E-state index in [-0.39, 0.29) is 17.3 Å². The predicted octanol–water partition coefficient (Wildman–Crippen LogP) is 4.97. The number of nitrogens with zero attached hydrogens (tertiary/aromatic N) is 2. The molecule has 0 heterocycles. The molecule has 41 heavy (non-hydrogen) atoms. The van der Waals surface area contributed by atoms with Gasteiger partial charge in [-0.3, -0.25) is 13.9 Å².